The lowest BCUT2D eigenvalue weighted by Gasteiger charge is -2.23. The number of hydrogen-bond acceptors (Lipinski definition) is 0. The molecule has 1 aliphatic rings. The van der Waals surface area contributed by atoms with Crippen LogP contribution in [0, 0.1) is 76.2 Å². The van der Waals surface area contributed by atoms with Crippen molar-refractivity contribution in [1.29, 1.82) is 0 Å². The average molecular weight is 397 g/mol. The first-order chi connectivity index (χ1) is 14.0. The fraction of sp³-hybridized carbons (Fsp3) is 0.400. The monoisotopic (exact) mass is 396 g/mol. The Morgan fingerprint density at radius 2 is 0.800 bits per heavy atom. The van der Waals surface area contributed by atoms with Crippen molar-refractivity contribution < 1.29 is 0 Å². The highest BCUT2D eigenvalue weighted by Crippen LogP contribution is 2.48. The van der Waals surface area contributed by atoms with Crippen LogP contribution in [-0.4, -0.2) is 0 Å². The lowest BCUT2D eigenvalue weighted by atomic mass is 9.82. The topological polar surface area (TPSA) is 0 Å². The molecule has 0 spiro atoms. The van der Waals surface area contributed by atoms with Crippen molar-refractivity contribution in [3.8, 4) is 22.3 Å². The van der Waals surface area contributed by atoms with Crippen LogP contribution < -0.4 is 0 Å². The highest BCUT2D eigenvalue weighted by molar-refractivity contribution is 5.89. The quantitative estimate of drug-likeness (QED) is 0.303. The van der Waals surface area contributed by atoms with Crippen LogP contribution >= 0.6 is 0 Å². The third-order valence-electron chi connectivity index (χ3n) is 8.68. The normalized spacial score (nSPS) is 12.4. The zero-order valence-corrected chi connectivity index (χ0v) is 20.8. The second kappa shape index (κ2) is 6.84. The predicted molar refractivity (Wildman–Crippen MR) is 132 cm³/mol. The summed E-state index contributed by atoms with van der Waals surface area (Å²) in [6.07, 6.45) is 1.06. The molecule has 0 aliphatic heterocycles. The Hall–Kier alpha value is -2.34. The van der Waals surface area contributed by atoms with E-state index in [4.69, 9.17) is 0 Å². The number of rotatable bonds is 1. The molecule has 4 rings (SSSR count). The summed E-state index contributed by atoms with van der Waals surface area (Å²) >= 11 is 0. The van der Waals surface area contributed by atoms with Gasteiger partial charge in [0.15, 0.2) is 0 Å². The van der Waals surface area contributed by atoms with Gasteiger partial charge in [-0.05, 0) is 183 Å². The van der Waals surface area contributed by atoms with E-state index in [1.165, 1.54) is 89.0 Å². The summed E-state index contributed by atoms with van der Waals surface area (Å²) in [4.78, 5) is 0. The zero-order valence-electron chi connectivity index (χ0n) is 20.8. The van der Waals surface area contributed by atoms with Gasteiger partial charge in [0.1, 0.15) is 0 Å². The molecular weight excluding hydrogens is 360 g/mol. The predicted octanol–water partition coefficient (Wildman–Crippen LogP) is 8.32. The molecule has 0 atom stereocenters. The molecule has 0 heterocycles. The van der Waals surface area contributed by atoms with Crippen molar-refractivity contribution in [2.45, 2.75) is 82.6 Å². The van der Waals surface area contributed by atoms with Gasteiger partial charge in [-0.1, -0.05) is 0 Å². The molecule has 0 fully saturated rings. The Morgan fingerprint density at radius 1 is 0.400 bits per heavy atom. The van der Waals surface area contributed by atoms with Gasteiger partial charge < -0.3 is 0 Å². The van der Waals surface area contributed by atoms with Gasteiger partial charge in [-0.3, -0.25) is 0 Å². The van der Waals surface area contributed by atoms with Gasteiger partial charge in [0.05, 0.1) is 0 Å². The van der Waals surface area contributed by atoms with Crippen LogP contribution in [0.15, 0.2) is 6.07 Å². The highest BCUT2D eigenvalue weighted by Gasteiger charge is 2.28. The summed E-state index contributed by atoms with van der Waals surface area (Å²) in [5, 5.41) is 0. The molecule has 0 heteroatoms. The Balaban J connectivity index is 2.07. The van der Waals surface area contributed by atoms with Crippen molar-refractivity contribution >= 4 is 0 Å². The molecule has 3 aromatic rings. The second-order valence-electron chi connectivity index (χ2n) is 9.74. The van der Waals surface area contributed by atoms with Crippen molar-refractivity contribution in [2.24, 2.45) is 0 Å². The molecule has 0 bridgehead atoms. The average Bonchev–Trinajstić information content (AvgIpc) is 3.11. The Labute approximate surface area is 183 Å². The van der Waals surface area contributed by atoms with E-state index in [-0.39, 0.29) is 0 Å². The van der Waals surface area contributed by atoms with E-state index in [9.17, 15) is 0 Å². The van der Waals surface area contributed by atoms with E-state index in [2.05, 4.69) is 82.2 Å². The van der Waals surface area contributed by atoms with E-state index in [1.807, 2.05) is 0 Å². The third-order valence-corrected chi connectivity index (χ3v) is 8.68. The summed E-state index contributed by atoms with van der Waals surface area (Å²) in [6.45, 7) is 25.3. The molecule has 0 radical (unpaired) electrons. The molecule has 0 nitrogen and oxygen atoms in total. The Bertz CT molecular complexity index is 1220. The fourth-order valence-electron chi connectivity index (χ4n) is 5.78. The van der Waals surface area contributed by atoms with Crippen LogP contribution in [0.2, 0.25) is 0 Å². The number of fused-ring (bicyclic) bond motifs is 3. The molecular formula is C30H36. The molecule has 0 aromatic heterocycles. The van der Waals surface area contributed by atoms with Gasteiger partial charge in [-0.2, -0.15) is 0 Å². The van der Waals surface area contributed by atoms with Crippen LogP contribution in [0.25, 0.3) is 22.3 Å². The second-order valence-corrected chi connectivity index (χ2v) is 9.74. The first-order valence-corrected chi connectivity index (χ1v) is 11.3. The molecule has 1 aliphatic carbocycles. The van der Waals surface area contributed by atoms with Gasteiger partial charge in [0.25, 0.3) is 0 Å². The van der Waals surface area contributed by atoms with Gasteiger partial charge in [-0.25, -0.2) is 0 Å². The van der Waals surface area contributed by atoms with Crippen molar-refractivity contribution in [3.05, 3.63) is 78.4 Å². The molecule has 0 N–H and O–H groups in total. The van der Waals surface area contributed by atoms with E-state index in [0.29, 0.717) is 0 Å². The molecule has 0 saturated carbocycles. The van der Waals surface area contributed by atoms with Crippen molar-refractivity contribution in [3.63, 3.8) is 0 Å². The van der Waals surface area contributed by atoms with Crippen LogP contribution in [0.5, 0.6) is 0 Å². The number of hydrogen-bond donors (Lipinski definition) is 0. The molecule has 3 aromatic carbocycles. The summed E-state index contributed by atoms with van der Waals surface area (Å²) in [7, 11) is 0. The minimum Gasteiger partial charge on any atom is -0.0499 e. The number of benzene rings is 3. The molecule has 0 amide bonds. The Kier molecular flexibility index (Phi) is 4.77. The summed E-state index contributed by atoms with van der Waals surface area (Å²) in [6, 6.07) is 2.52. The SMILES string of the molecule is Cc1c(-c2c(C)c(C)c(C)c(C)c2C)cc2c(c1C)-c1c(C)c(C)c(C)c(C)c1C2. The standard InChI is InChI=1S/C30H36/c1-14-16(3)21(8)28(22(9)17(14)4)26-12-25-13-27-19(6)15(2)18(5)23(10)30(27)29(25)24(11)20(26)7/h12H,13H2,1-11H3. The lowest BCUT2D eigenvalue weighted by molar-refractivity contribution is 1.14. The minimum atomic E-state index is 1.06. The fourth-order valence-corrected chi connectivity index (χ4v) is 5.78. The van der Waals surface area contributed by atoms with Crippen LogP contribution in [-0.2, 0) is 6.42 Å². The highest BCUT2D eigenvalue weighted by atomic mass is 14.3. The van der Waals surface area contributed by atoms with Crippen LogP contribution in [0.4, 0.5) is 0 Å². The minimum absolute atomic E-state index is 1.06. The van der Waals surface area contributed by atoms with Crippen molar-refractivity contribution in [1.82, 2.24) is 0 Å². The van der Waals surface area contributed by atoms with Gasteiger partial charge in [-0.15, -0.1) is 0 Å². The lowest BCUT2D eigenvalue weighted by Crippen LogP contribution is -2.02. The first-order valence-electron chi connectivity index (χ1n) is 11.3. The smallest absolute Gasteiger partial charge is 0.00103 e. The maximum Gasteiger partial charge on any atom is -0.00103 e. The summed E-state index contributed by atoms with van der Waals surface area (Å²) in [5.74, 6) is 0. The Morgan fingerprint density at radius 3 is 1.33 bits per heavy atom. The third kappa shape index (κ3) is 2.59. The molecule has 0 saturated heterocycles. The summed E-state index contributed by atoms with van der Waals surface area (Å²) in [5.41, 5.74) is 24.9. The van der Waals surface area contributed by atoms with Gasteiger partial charge in [0, 0.05) is 0 Å². The van der Waals surface area contributed by atoms with E-state index < -0.39 is 0 Å². The van der Waals surface area contributed by atoms with Crippen LogP contribution in [0.1, 0.15) is 72.3 Å². The molecule has 0 unspecified atom stereocenters. The van der Waals surface area contributed by atoms with Gasteiger partial charge >= 0.3 is 0 Å². The maximum absolute atomic E-state index is 2.52. The van der Waals surface area contributed by atoms with Gasteiger partial charge in [0.2, 0.25) is 0 Å². The first kappa shape index (κ1) is 20.9. The van der Waals surface area contributed by atoms with Crippen molar-refractivity contribution in [2.75, 3.05) is 0 Å². The largest absolute Gasteiger partial charge is 0.0499 e. The molecule has 30 heavy (non-hydrogen) atoms. The van der Waals surface area contributed by atoms with E-state index in [0.717, 1.165) is 6.42 Å². The zero-order chi connectivity index (χ0) is 22.2. The maximum atomic E-state index is 2.52. The van der Waals surface area contributed by atoms with E-state index in [1.54, 1.807) is 5.56 Å². The van der Waals surface area contributed by atoms with Crippen LogP contribution in [0.3, 0.4) is 0 Å². The van der Waals surface area contributed by atoms with E-state index >= 15 is 0 Å². The molecule has 156 valence electrons. The summed E-state index contributed by atoms with van der Waals surface area (Å²) < 4.78 is 0.